The monoisotopic (exact) mass is 388 g/mol. The number of aryl methyl sites for hydroxylation is 1. The number of aliphatic hydroxyl groups is 1. The fourth-order valence-electron chi connectivity index (χ4n) is 2.26. The fourth-order valence-corrected chi connectivity index (χ4v) is 3.38. The molecule has 10 heteroatoms. The highest BCUT2D eigenvalue weighted by molar-refractivity contribution is 7.89. The van der Waals surface area contributed by atoms with E-state index in [1.165, 1.54) is 23.9 Å². The molecular weight excluding hydrogens is 368 g/mol. The summed E-state index contributed by atoms with van der Waals surface area (Å²) in [5.74, 6) is 0.392. The second-order valence-corrected chi connectivity index (χ2v) is 7.96. The van der Waals surface area contributed by atoms with Crippen LogP contribution >= 0.6 is 0 Å². The third kappa shape index (κ3) is 4.94. The predicted octanol–water partition coefficient (Wildman–Crippen LogP) is 0.751. The maximum atomic E-state index is 12.1. The lowest BCUT2D eigenvalue weighted by atomic mass is 10.2. The second kappa shape index (κ2) is 7.91. The molecule has 0 bridgehead atoms. The van der Waals surface area contributed by atoms with Gasteiger partial charge in [-0.05, 0) is 55.0 Å². The summed E-state index contributed by atoms with van der Waals surface area (Å²) in [6.07, 6.45) is 1.01. The Labute approximate surface area is 157 Å². The zero-order chi connectivity index (χ0) is 19.4. The van der Waals surface area contributed by atoms with E-state index >= 15 is 0 Å². The summed E-state index contributed by atoms with van der Waals surface area (Å²) in [7, 11) is -3.67. The van der Waals surface area contributed by atoms with Crippen molar-refractivity contribution in [3.05, 3.63) is 53.9 Å². The van der Waals surface area contributed by atoms with Crippen molar-refractivity contribution in [2.75, 3.05) is 6.54 Å². The highest BCUT2D eigenvalue weighted by Crippen LogP contribution is 2.17. The lowest BCUT2D eigenvalue weighted by Gasteiger charge is -2.08. The molecule has 27 heavy (non-hydrogen) atoms. The van der Waals surface area contributed by atoms with Gasteiger partial charge in [0.05, 0.1) is 16.7 Å². The Bertz CT molecular complexity index is 998. The van der Waals surface area contributed by atoms with Crippen LogP contribution in [0, 0.1) is 6.92 Å². The molecule has 0 amide bonds. The maximum absolute atomic E-state index is 12.1. The van der Waals surface area contributed by atoms with E-state index in [9.17, 15) is 13.5 Å². The topological polar surface area (TPSA) is 123 Å². The standard InChI is InChI=1S/C17H20N6O3S/c1-12-3-6-15(18-9-12)11-23-21-17(20-22-23)14-4-7-16(8-5-14)27(25,26)19-10-13(2)24/h3-9,13,19,24H,10-11H2,1-2H3/t13-/m1/s1. The summed E-state index contributed by atoms with van der Waals surface area (Å²) in [5.41, 5.74) is 2.53. The molecule has 0 fully saturated rings. The molecule has 0 saturated heterocycles. The molecule has 3 rings (SSSR count). The number of hydrogen-bond acceptors (Lipinski definition) is 7. The maximum Gasteiger partial charge on any atom is 0.240 e. The van der Waals surface area contributed by atoms with Crippen LogP contribution in [0.25, 0.3) is 11.4 Å². The Hall–Kier alpha value is -2.69. The minimum atomic E-state index is -3.67. The third-order valence-corrected chi connectivity index (χ3v) is 5.16. The Morgan fingerprint density at radius 2 is 1.93 bits per heavy atom. The fraction of sp³-hybridized carbons (Fsp3) is 0.294. The second-order valence-electron chi connectivity index (χ2n) is 6.20. The van der Waals surface area contributed by atoms with Crippen LogP contribution in [0.3, 0.4) is 0 Å². The molecule has 1 atom stereocenters. The van der Waals surface area contributed by atoms with E-state index in [0.717, 1.165) is 11.3 Å². The third-order valence-electron chi connectivity index (χ3n) is 3.72. The number of nitrogens with one attached hydrogen (secondary N) is 1. The van der Waals surface area contributed by atoms with Gasteiger partial charge in [0.25, 0.3) is 0 Å². The molecule has 0 aliphatic heterocycles. The van der Waals surface area contributed by atoms with Crippen LogP contribution in [-0.2, 0) is 16.6 Å². The van der Waals surface area contributed by atoms with Gasteiger partial charge in [-0.25, -0.2) is 13.1 Å². The van der Waals surface area contributed by atoms with Gasteiger partial charge < -0.3 is 5.11 Å². The number of rotatable bonds is 7. The Morgan fingerprint density at radius 1 is 1.19 bits per heavy atom. The van der Waals surface area contributed by atoms with Crippen LogP contribution in [0.2, 0.25) is 0 Å². The van der Waals surface area contributed by atoms with Crippen LogP contribution in [0.15, 0.2) is 47.5 Å². The lowest BCUT2D eigenvalue weighted by Crippen LogP contribution is -2.30. The van der Waals surface area contributed by atoms with Gasteiger partial charge >= 0.3 is 0 Å². The van der Waals surface area contributed by atoms with Crippen molar-refractivity contribution < 1.29 is 13.5 Å². The average molecular weight is 388 g/mol. The van der Waals surface area contributed by atoms with Gasteiger partial charge in [0.15, 0.2) is 0 Å². The molecule has 2 heterocycles. The molecule has 9 nitrogen and oxygen atoms in total. The number of aliphatic hydroxyl groups excluding tert-OH is 1. The molecule has 2 aromatic heterocycles. The van der Waals surface area contributed by atoms with Crippen LogP contribution in [-0.4, -0.2) is 51.4 Å². The summed E-state index contributed by atoms with van der Waals surface area (Å²) in [4.78, 5) is 5.84. The average Bonchev–Trinajstić information content (AvgIpc) is 3.11. The van der Waals surface area contributed by atoms with Gasteiger partial charge in [-0.2, -0.15) is 4.80 Å². The first kappa shape index (κ1) is 19.1. The number of aromatic nitrogens is 5. The molecule has 3 aromatic rings. The highest BCUT2D eigenvalue weighted by Gasteiger charge is 2.15. The molecule has 142 valence electrons. The van der Waals surface area contributed by atoms with Crippen LogP contribution in [0.4, 0.5) is 0 Å². The van der Waals surface area contributed by atoms with Gasteiger partial charge in [0.2, 0.25) is 15.8 Å². The minimum Gasteiger partial charge on any atom is -0.392 e. The van der Waals surface area contributed by atoms with Gasteiger partial charge in [-0.1, -0.05) is 6.07 Å². The van der Waals surface area contributed by atoms with Crippen LogP contribution in [0.5, 0.6) is 0 Å². The number of nitrogens with zero attached hydrogens (tertiary/aromatic N) is 5. The van der Waals surface area contributed by atoms with Crippen molar-refractivity contribution in [2.45, 2.75) is 31.4 Å². The van der Waals surface area contributed by atoms with Gasteiger partial charge in [-0.15, -0.1) is 10.2 Å². The van der Waals surface area contributed by atoms with E-state index in [2.05, 4.69) is 25.1 Å². The van der Waals surface area contributed by atoms with E-state index in [1.54, 1.807) is 18.3 Å². The number of benzene rings is 1. The zero-order valence-corrected chi connectivity index (χ0v) is 15.8. The minimum absolute atomic E-state index is 0.0486. The first-order chi connectivity index (χ1) is 12.8. The van der Waals surface area contributed by atoms with E-state index in [4.69, 9.17) is 0 Å². The predicted molar refractivity (Wildman–Crippen MR) is 98.2 cm³/mol. The van der Waals surface area contributed by atoms with E-state index < -0.39 is 16.1 Å². The SMILES string of the molecule is Cc1ccc(Cn2nnc(-c3ccc(S(=O)(=O)NC[C@@H](C)O)cc3)n2)nc1. The Morgan fingerprint density at radius 3 is 2.56 bits per heavy atom. The summed E-state index contributed by atoms with van der Waals surface area (Å²) < 4.78 is 26.6. The normalized spacial score (nSPS) is 12.9. The molecular formula is C17H20N6O3S. The summed E-state index contributed by atoms with van der Waals surface area (Å²) in [6.45, 7) is 3.81. The summed E-state index contributed by atoms with van der Waals surface area (Å²) >= 11 is 0. The van der Waals surface area contributed by atoms with Crippen molar-refractivity contribution in [2.24, 2.45) is 0 Å². The van der Waals surface area contributed by atoms with Crippen LogP contribution < -0.4 is 4.72 Å². The molecule has 0 radical (unpaired) electrons. The van der Waals surface area contributed by atoms with E-state index in [-0.39, 0.29) is 11.4 Å². The molecule has 0 spiro atoms. The molecule has 0 aliphatic rings. The van der Waals surface area contributed by atoms with Gasteiger partial charge in [0, 0.05) is 18.3 Å². The molecule has 0 aliphatic carbocycles. The first-order valence-electron chi connectivity index (χ1n) is 8.31. The number of sulfonamides is 1. The van der Waals surface area contributed by atoms with Crippen molar-refractivity contribution >= 4 is 10.0 Å². The quantitative estimate of drug-likeness (QED) is 0.612. The molecule has 0 saturated carbocycles. The summed E-state index contributed by atoms with van der Waals surface area (Å²) in [5, 5.41) is 21.5. The van der Waals surface area contributed by atoms with Gasteiger partial charge in [0.1, 0.15) is 6.54 Å². The van der Waals surface area contributed by atoms with Crippen molar-refractivity contribution in [3.63, 3.8) is 0 Å². The number of pyridine rings is 1. The Balaban J connectivity index is 1.72. The Kier molecular flexibility index (Phi) is 5.59. The lowest BCUT2D eigenvalue weighted by molar-refractivity contribution is 0.198. The smallest absolute Gasteiger partial charge is 0.240 e. The summed E-state index contributed by atoms with van der Waals surface area (Å²) in [6, 6.07) is 10.0. The molecule has 2 N–H and O–H groups in total. The molecule has 0 unspecified atom stereocenters. The number of hydrogen-bond donors (Lipinski definition) is 2. The van der Waals surface area contributed by atoms with Crippen molar-refractivity contribution in [1.82, 2.24) is 29.9 Å². The molecule has 1 aromatic carbocycles. The van der Waals surface area contributed by atoms with Gasteiger partial charge in [-0.3, -0.25) is 4.98 Å². The van der Waals surface area contributed by atoms with Crippen molar-refractivity contribution in [3.8, 4) is 11.4 Å². The van der Waals surface area contributed by atoms with E-state index in [1.807, 2.05) is 19.1 Å². The van der Waals surface area contributed by atoms with E-state index in [0.29, 0.717) is 17.9 Å². The number of tetrazole rings is 1. The van der Waals surface area contributed by atoms with Crippen molar-refractivity contribution in [1.29, 1.82) is 0 Å². The van der Waals surface area contributed by atoms with Crippen LogP contribution in [0.1, 0.15) is 18.2 Å². The zero-order valence-electron chi connectivity index (χ0n) is 14.9. The largest absolute Gasteiger partial charge is 0.392 e. The highest BCUT2D eigenvalue weighted by atomic mass is 32.2. The first-order valence-corrected chi connectivity index (χ1v) is 9.79.